The minimum absolute atomic E-state index is 0.222. The van der Waals surface area contributed by atoms with Crippen LogP contribution in [0.2, 0.25) is 0 Å². The highest BCUT2D eigenvalue weighted by Crippen LogP contribution is 2.50. The number of esters is 1. The van der Waals surface area contributed by atoms with E-state index in [1.807, 2.05) is 0 Å². The fourth-order valence-electron chi connectivity index (χ4n) is 1.90. The molecule has 0 saturated heterocycles. The molecule has 1 aliphatic rings. The summed E-state index contributed by atoms with van der Waals surface area (Å²) in [5, 5.41) is 13.2. The van der Waals surface area contributed by atoms with Gasteiger partial charge in [-0.15, -0.1) is 10.2 Å². The van der Waals surface area contributed by atoms with Crippen molar-refractivity contribution < 1.29 is 14.3 Å². The Morgan fingerprint density at radius 1 is 1.44 bits per heavy atom. The van der Waals surface area contributed by atoms with E-state index in [1.165, 1.54) is 18.4 Å². The Kier molecular flexibility index (Phi) is 2.56. The van der Waals surface area contributed by atoms with Gasteiger partial charge in [0.1, 0.15) is 17.0 Å². The molecule has 2 aromatic heterocycles. The summed E-state index contributed by atoms with van der Waals surface area (Å²) in [6.07, 6.45) is 1.56. The molecule has 8 heteroatoms. The van der Waals surface area contributed by atoms with Crippen LogP contribution in [-0.2, 0) is 26.3 Å². The molecule has 0 atom stereocenters. The van der Waals surface area contributed by atoms with E-state index in [-0.39, 0.29) is 5.97 Å². The molecule has 18 heavy (non-hydrogen) atoms. The van der Waals surface area contributed by atoms with Crippen molar-refractivity contribution in [1.82, 2.24) is 19.8 Å². The molecule has 0 N–H and O–H groups in total. The second-order valence-electron chi connectivity index (χ2n) is 4.22. The van der Waals surface area contributed by atoms with Crippen LogP contribution in [-0.4, -0.2) is 40.0 Å². The lowest BCUT2D eigenvalue weighted by Crippen LogP contribution is -2.22. The number of fused-ring (bicyclic) bond motifs is 1. The van der Waals surface area contributed by atoms with Gasteiger partial charge in [0, 0.05) is 7.11 Å². The van der Waals surface area contributed by atoms with E-state index in [1.54, 1.807) is 11.6 Å². The molecule has 1 saturated carbocycles. The van der Waals surface area contributed by atoms with Gasteiger partial charge in [0.2, 0.25) is 4.96 Å². The van der Waals surface area contributed by atoms with Crippen molar-refractivity contribution in [3.63, 3.8) is 0 Å². The number of nitrogens with zero attached hydrogens (tertiary/aromatic N) is 4. The molecule has 0 spiro atoms. The van der Waals surface area contributed by atoms with Gasteiger partial charge in [0.15, 0.2) is 5.82 Å². The number of rotatable bonds is 4. The molecule has 0 bridgehead atoms. The monoisotopic (exact) mass is 268 g/mol. The van der Waals surface area contributed by atoms with E-state index in [2.05, 4.69) is 15.3 Å². The third-order valence-corrected chi connectivity index (χ3v) is 4.17. The number of carbonyl (C=O) groups excluding carboxylic acids is 1. The first kappa shape index (κ1) is 11.5. The van der Waals surface area contributed by atoms with Gasteiger partial charge in [-0.3, -0.25) is 4.79 Å². The SMILES string of the molecule is COCc1nnc2sc(C3(C(=O)OC)CC3)nn12. The third kappa shape index (κ3) is 1.52. The molecule has 96 valence electrons. The van der Waals surface area contributed by atoms with Crippen LogP contribution in [0.1, 0.15) is 23.7 Å². The van der Waals surface area contributed by atoms with Crippen LogP contribution in [0.3, 0.4) is 0 Å². The normalized spacial score (nSPS) is 17.0. The zero-order valence-electron chi connectivity index (χ0n) is 10.0. The number of hydrogen-bond acceptors (Lipinski definition) is 7. The minimum atomic E-state index is -0.551. The van der Waals surface area contributed by atoms with Gasteiger partial charge in [-0.05, 0) is 12.8 Å². The zero-order chi connectivity index (χ0) is 12.8. The third-order valence-electron chi connectivity index (χ3n) is 3.06. The topological polar surface area (TPSA) is 78.6 Å². The lowest BCUT2D eigenvalue weighted by atomic mass is 10.1. The second-order valence-corrected chi connectivity index (χ2v) is 5.18. The maximum atomic E-state index is 11.8. The maximum Gasteiger partial charge on any atom is 0.318 e. The molecule has 0 amide bonds. The summed E-state index contributed by atoms with van der Waals surface area (Å²) < 4.78 is 11.5. The van der Waals surface area contributed by atoms with Crippen LogP contribution in [0.25, 0.3) is 4.96 Å². The van der Waals surface area contributed by atoms with Crippen molar-refractivity contribution in [2.24, 2.45) is 0 Å². The van der Waals surface area contributed by atoms with Gasteiger partial charge < -0.3 is 9.47 Å². The van der Waals surface area contributed by atoms with Crippen LogP contribution in [0.4, 0.5) is 0 Å². The van der Waals surface area contributed by atoms with Crippen molar-refractivity contribution in [3.8, 4) is 0 Å². The minimum Gasteiger partial charge on any atom is -0.468 e. The molecule has 2 heterocycles. The smallest absolute Gasteiger partial charge is 0.318 e. The molecule has 0 radical (unpaired) electrons. The molecule has 2 aromatic rings. The number of ether oxygens (including phenoxy) is 2. The molecular weight excluding hydrogens is 256 g/mol. The zero-order valence-corrected chi connectivity index (χ0v) is 10.9. The van der Waals surface area contributed by atoms with Crippen molar-refractivity contribution in [2.75, 3.05) is 14.2 Å². The van der Waals surface area contributed by atoms with E-state index >= 15 is 0 Å². The number of methoxy groups -OCH3 is 2. The van der Waals surface area contributed by atoms with Crippen molar-refractivity contribution >= 4 is 22.3 Å². The van der Waals surface area contributed by atoms with Crippen LogP contribution in [0.15, 0.2) is 0 Å². The predicted octanol–water partition coefficient (Wildman–Crippen LogP) is 0.537. The Morgan fingerprint density at radius 2 is 2.22 bits per heavy atom. The summed E-state index contributed by atoms with van der Waals surface area (Å²) in [6.45, 7) is 0.343. The molecule has 7 nitrogen and oxygen atoms in total. The van der Waals surface area contributed by atoms with Crippen LogP contribution < -0.4 is 0 Å². The van der Waals surface area contributed by atoms with E-state index in [9.17, 15) is 4.79 Å². The van der Waals surface area contributed by atoms with E-state index < -0.39 is 5.41 Å². The lowest BCUT2D eigenvalue weighted by Gasteiger charge is -2.07. The Morgan fingerprint density at radius 3 is 2.83 bits per heavy atom. The first-order valence-corrected chi connectivity index (χ1v) is 6.32. The quantitative estimate of drug-likeness (QED) is 0.753. The molecular formula is C10H12N4O3S. The van der Waals surface area contributed by atoms with E-state index in [0.717, 1.165) is 17.8 Å². The largest absolute Gasteiger partial charge is 0.468 e. The van der Waals surface area contributed by atoms with Crippen molar-refractivity contribution in [3.05, 3.63) is 10.8 Å². The van der Waals surface area contributed by atoms with Crippen molar-refractivity contribution in [2.45, 2.75) is 24.9 Å². The Labute approximate surface area is 107 Å². The van der Waals surface area contributed by atoms with E-state index in [0.29, 0.717) is 17.4 Å². The fourth-order valence-corrected chi connectivity index (χ4v) is 2.99. The average Bonchev–Trinajstić information content (AvgIpc) is 2.95. The summed E-state index contributed by atoms with van der Waals surface area (Å²) in [5.74, 6) is 0.413. The summed E-state index contributed by atoms with van der Waals surface area (Å²) in [5.41, 5.74) is -0.551. The molecule has 0 aromatic carbocycles. The van der Waals surface area contributed by atoms with E-state index in [4.69, 9.17) is 9.47 Å². The summed E-state index contributed by atoms with van der Waals surface area (Å²) >= 11 is 1.38. The van der Waals surface area contributed by atoms with Crippen LogP contribution in [0.5, 0.6) is 0 Å². The van der Waals surface area contributed by atoms with Gasteiger partial charge in [-0.25, -0.2) is 0 Å². The fraction of sp³-hybridized carbons (Fsp3) is 0.600. The summed E-state index contributed by atoms with van der Waals surface area (Å²) in [4.78, 5) is 12.5. The average molecular weight is 268 g/mol. The van der Waals surface area contributed by atoms with Gasteiger partial charge in [-0.2, -0.15) is 9.61 Å². The first-order valence-electron chi connectivity index (χ1n) is 5.50. The molecule has 0 unspecified atom stereocenters. The lowest BCUT2D eigenvalue weighted by molar-refractivity contribution is -0.143. The number of hydrogen-bond donors (Lipinski definition) is 0. The Balaban J connectivity index is 2.01. The van der Waals surface area contributed by atoms with Gasteiger partial charge in [0.05, 0.1) is 7.11 Å². The summed E-state index contributed by atoms with van der Waals surface area (Å²) in [6, 6.07) is 0. The number of aromatic nitrogens is 4. The highest BCUT2D eigenvalue weighted by Gasteiger charge is 2.55. The molecule has 1 aliphatic carbocycles. The molecule has 3 rings (SSSR count). The predicted molar refractivity (Wildman–Crippen MR) is 62.3 cm³/mol. The standard InChI is InChI=1S/C10H12N4O3S/c1-16-5-6-11-12-9-14(6)13-7(18-9)10(3-4-10)8(15)17-2/h3-5H2,1-2H3. The highest BCUT2D eigenvalue weighted by atomic mass is 32.1. The van der Waals surface area contributed by atoms with Crippen LogP contribution >= 0.6 is 11.3 Å². The molecule has 0 aliphatic heterocycles. The Bertz CT molecular complexity index is 601. The van der Waals surface area contributed by atoms with Crippen molar-refractivity contribution in [1.29, 1.82) is 0 Å². The number of carbonyl (C=O) groups is 1. The second kappa shape index (κ2) is 3.99. The Hall–Kier alpha value is -1.54. The highest BCUT2D eigenvalue weighted by molar-refractivity contribution is 7.17. The maximum absolute atomic E-state index is 11.8. The van der Waals surface area contributed by atoms with Gasteiger partial charge in [-0.1, -0.05) is 11.3 Å². The first-order chi connectivity index (χ1) is 8.71. The summed E-state index contributed by atoms with van der Waals surface area (Å²) in [7, 11) is 2.99. The van der Waals surface area contributed by atoms with Gasteiger partial charge in [0.25, 0.3) is 0 Å². The molecule has 1 fully saturated rings. The van der Waals surface area contributed by atoms with Gasteiger partial charge >= 0.3 is 5.97 Å². The van der Waals surface area contributed by atoms with Crippen LogP contribution in [0, 0.1) is 0 Å².